The Hall–Kier alpha value is 0.430. The van der Waals surface area contributed by atoms with Crippen molar-refractivity contribution in [3.8, 4) is 0 Å². The van der Waals surface area contributed by atoms with Gasteiger partial charge in [-0.05, 0) is 79.2 Å². The second kappa shape index (κ2) is 3.05. The van der Waals surface area contributed by atoms with Gasteiger partial charge in [0.2, 0.25) is 0 Å². The average Bonchev–Trinajstić information content (AvgIpc) is 2.10. The van der Waals surface area contributed by atoms with E-state index in [1.807, 2.05) is 0 Å². The van der Waals surface area contributed by atoms with Crippen LogP contribution in [0.25, 0.3) is 0 Å². The van der Waals surface area contributed by atoms with E-state index in [4.69, 9.17) is 0 Å². The van der Waals surface area contributed by atoms with Crippen molar-refractivity contribution in [2.45, 2.75) is 63.4 Å². The third kappa shape index (κ3) is 1.07. The second-order valence-electron chi connectivity index (χ2n) is 7.61. The molecule has 4 bridgehead atoms. The fourth-order valence-corrected chi connectivity index (χ4v) is 6.83. The molecule has 5 aliphatic rings. The Kier molecular flexibility index (Phi) is 1.98. The summed E-state index contributed by atoms with van der Waals surface area (Å²) in [6, 6.07) is 0. The number of hydrogen-bond acceptors (Lipinski definition) is 0. The maximum absolute atomic E-state index is 3.34. The molecular formula is C15H25P. The van der Waals surface area contributed by atoms with E-state index < -0.39 is 0 Å². The number of hydrogen-bond donors (Lipinski definition) is 0. The van der Waals surface area contributed by atoms with Gasteiger partial charge in [-0.15, -0.1) is 9.24 Å². The van der Waals surface area contributed by atoms with Gasteiger partial charge >= 0.3 is 0 Å². The zero-order valence-corrected chi connectivity index (χ0v) is 11.7. The van der Waals surface area contributed by atoms with Gasteiger partial charge in [-0.3, -0.25) is 0 Å². The van der Waals surface area contributed by atoms with E-state index in [9.17, 15) is 0 Å². The Labute approximate surface area is 102 Å². The van der Waals surface area contributed by atoms with Crippen molar-refractivity contribution >= 4 is 9.24 Å². The smallest absolute Gasteiger partial charge is 0.00909 e. The Balaban J connectivity index is 1.77. The second-order valence-corrected chi connectivity index (χ2v) is 8.81. The minimum absolute atomic E-state index is 0.589. The predicted molar refractivity (Wildman–Crippen MR) is 71.4 cm³/mol. The molecule has 0 heterocycles. The molecule has 5 saturated carbocycles. The molecule has 0 aromatic heterocycles. The fraction of sp³-hybridized carbons (Fsp3) is 1.00. The van der Waals surface area contributed by atoms with Gasteiger partial charge in [0.1, 0.15) is 0 Å². The topological polar surface area (TPSA) is 0 Å². The van der Waals surface area contributed by atoms with Crippen molar-refractivity contribution in [1.82, 2.24) is 0 Å². The molecule has 4 atom stereocenters. The van der Waals surface area contributed by atoms with Crippen LogP contribution < -0.4 is 0 Å². The molecule has 0 spiro atoms. The molecule has 90 valence electrons. The molecule has 16 heavy (non-hydrogen) atoms. The highest BCUT2D eigenvalue weighted by Gasteiger charge is 2.64. The van der Waals surface area contributed by atoms with Crippen LogP contribution in [-0.4, -0.2) is 5.16 Å². The van der Waals surface area contributed by atoms with E-state index in [0.29, 0.717) is 5.16 Å². The summed E-state index contributed by atoms with van der Waals surface area (Å²) >= 11 is 0. The molecule has 5 fully saturated rings. The van der Waals surface area contributed by atoms with Crippen molar-refractivity contribution in [2.75, 3.05) is 0 Å². The monoisotopic (exact) mass is 236 g/mol. The molecule has 0 radical (unpaired) electrons. The standard InChI is InChI=1S/C15H25P/c1-14(16)13-6-10-5-11(7-13)9-15(14,8-10)12-3-2-4-12/h10-13H,2-9,16H2,1H3. The molecule has 1 heteroatoms. The molecule has 0 aromatic rings. The molecule has 0 aliphatic heterocycles. The summed E-state index contributed by atoms with van der Waals surface area (Å²) in [5, 5.41) is 0.589. The average molecular weight is 236 g/mol. The Morgan fingerprint density at radius 1 is 0.938 bits per heavy atom. The van der Waals surface area contributed by atoms with Crippen LogP contribution in [0.15, 0.2) is 0 Å². The Morgan fingerprint density at radius 3 is 2.06 bits per heavy atom. The molecule has 0 nitrogen and oxygen atoms in total. The van der Waals surface area contributed by atoms with Gasteiger partial charge in [-0.2, -0.15) is 0 Å². The molecule has 0 saturated heterocycles. The first-order valence-corrected chi connectivity index (χ1v) is 7.98. The van der Waals surface area contributed by atoms with E-state index >= 15 is 0 Å². The first kappa shape index (κ1) is 10.4. The summed E-state index contributed by atoms with van der Waals surface area (Å²) in [5.74, 6) is 4.38. The van der Waals surface area contributed by atoms with E-state index in [0.717, 1.165) is 29.1 Å². The molecular weight excluding hydrogens is 211 g/mol. The van der Waals surface area contributed by atoms with Gasteiger partial charge in [-0.25, -0.2) is 0 Å². The first-order chi connectivity index (χ1) is 7.62. The summed E-state index contributed by atoms with van der Waals surface area (Å²) in [6.45, 7) is 2.60. The quantitative estimate of drug-likeness (QED) is 0.597. The van der Waals surface area contributed by atoms with Crippen LogP contribution in [0.5, 0.6) is 0 Å². The molecule has 4 unspecified atom stereocenters. The van der Waals surface area contributed by atoms with Crippen LogP contribution in [0, 0.1) is 29.1 Å². The van der Waals surface area contributed by atoms with Gasteiger partial charge in [0.05, 0.1) is 0 Å². The van der Waals surface area contributed by atoms with Gasteiger partial charge in [0, 0.05) is 0 Å². The summed E-state index contributed by atoms with van der Waals surface area (Å²) in [7, 11) is 3.34. The highest BCUT2D eigenvalue weighted by atomic mass is 31.0. The summed E-state index contributed by atoms with van der Waals surface area (Å²) in [5.41, 5.74) is 0.755. The number of rotatable bonds is 1. The zero-order chi connectivity index (χ0) is 11.0. The van der Waals surface area contributed by atoms with Crippen LogP contribution in [0.1, 0.15) is 58.3 Å². The van der Waals surface area contributed by atoms with E-state index in [1.54, 1.807) is 44.9 Å². The van der Waals surface area contributed by atoms with Crippen LogP contribution in [-0.2, 0) is 0 Å². The van der Waals surface area contributed by atoms with Crippen LogP contribution in [0.3, 0.4) is 0 Å². The third-order valence-electron chi connectivity index (χ3n) is 7.02. The first-order valence-electron chi connectivity index (χ1n) is 7.41. The van der Waals surface area contributed by atoms with Crippen LogP contribution in [0.2, 0.25) is 0 Å². The van der Waals surface area contributed by atoms with Gasteiger partial charge in [0.15, 0.2) is 0 Å². The third-order valence-corrected chi connectivity index (χ3v) is 8.06. The van der Waals surface area contributed by atoms with Crippen molar-refractivity contribution in [3.63, 3.8) is 0 Å². The molecule has 5 rings (SSSR count). The normalized spacial score (nSPS) is 60.0. The molecule has 0 aromatic carbocycles. The van der Waals surface area contributed by atoms with Crippen molar-refractivity contribution in [1.29, 1.82) is 0 Å². The Morgan fingerprint density at radius 2 is 1.56 bits per heavy atom. The van der Waals surface area contributed by atoms with Crippen molar-refractivity contribution in [2.24, 2.45) is 29.1 Å². The van der Waals surface area contributed by atoms with Gasteiger partial charge in [0.25, 0.3) is 0 Å². The summed E-state index contributed by atoms with van der Waals surface area (Å²) < 4.78 is 0. The molecule has 0 N–H and O–H groups in total. The maximum Gasteiger partial charge on any atom is -0.00909 e. The maximum atomic E-state index is 3.34. The van der Waals surface area contributed by atoms with Gasteiger partial charge < -0.3 is 0 Å². The Bertz CT molecular complexity index is 301. The van der Waals surface area contributed by atoms with Crippen molar-refractivity contribution < 1.29 is 0 Å². The molecule has 5 aliphatic carbocycles. The fourth-order valence-electron chi connectivity index (χ4n) is 6.08. The zero-order valence-electron chi connectivity index (χ0n) is 10.5. The largest absolute Gasteiger partial charge is 0.131 e. The van der Waals surface area contributed by atoms with Crippen molar-refractivity contribution in [3.05, 3.63) is 0 Å². The summed E-state index contributed by atoms with van der Waals surface area (Å²) in [6.07, 6.45) is 12.5. The van der Waals surface area contributed by atoms with E-state index in [2.05, 4.69) is 16.2 Å². The van der Waals surface area contributed by atoms with Gasteiger partial charge in [-0.1, -0.05) is 13.3 Å². The highest BCUT2D eigenvalue weighted by Crippen LogP contribution is 2.72. The lowest BCUT2D eigenvalue weighted by Gasteiger charge is -2.69. The van der Waals surface area contributed by atoms with E-state index in [1.165, 1.54) is 6.42 Å². The van der Waals surface area contributed by atoms with Crippen LogP contribution in [0.4, 0.5) is 0 Å². The minimum Gasteiger partial charge on any atom is -0.131 e. The SMILES string of the molecule is CC1(P)C2CC3CC(C2)CC1(C1CCC1)C3. The predicted octanol–water partition coefficient (Wildman–Crippen LogP) is 4.25. The lowest BCUT2D eigenvalue weighted by molar-refractivity contribution is -0.132. The summed E-state index contributed by atoms with van der Waals surface area (Å²) in [4.78, 5) is 0. The minimum atomic E-state index is 0.589. The highest BCUT2D eigenvalue weighted by molar-refractivity contribution is 7.19. The van der Waals surface area contributed by atoms with E-state index in [-0.39, 0.29) is 0 Å². The van der Waals surface area contributed by atoms with Crippen LogP contribution >= 0.6 is 9.24 Å². The molecule has 0 amide bonds. The lowest BCUT2D eigenvalue weighted by Crippen LogP contribution is -2.63. The lowest BCUT2D eigenvalue weighted by atomic mass is 9.40.